The van der Waals surface area contributed by atoms with Crippen LogP contribution in [0.4, 0.5) is 0 Å². The molecule has 0 aromatic heterocycles. The van der Waals surface area contributed by atoms with Gasteiger partial charge in [0.25, 0.3) is 0 Å². The van der Waals surface area contributed by atoms with Crippen LogP contribution in [0.2, 0.25) is 0 Å². The molecule has 2 aromatic carbocycles. The molecule has 2 N–H and O–H groups in total. The molecule has 1 amide bonds. The first-order chi connectivity index (χ1) is 12.5. The fourth-order valence-electron chi connectivity index (χ4n) is 3.16. The van der Waals surface area contributed by atoms with Crippen LogP contribution in [0.1, 0.15) is 47.7 Å². The molecule has 1 fully saturated rings. The summed E-state index contributed by atoms with van der Waals surface area (Å²) in [4.78, 5) is 25.1. The van der Waals surface area contributed by atoms with E-state index >= 15 is 0 Å². The molecule has 3 rings (SSSR count). The number of amides is 1. The third kappa shape index (κ3) is 4.00. The van der Waals surface area contributed by atoms with Gasteiger partial charge in [-0.25, -0.2) is 0 Å². The highest BCUT2D eigenvalue weighted by Gasteiger charge is 2.33. The number of aliphatic hydroxyl groups excluding tert-OH is 1. The Morgan fingerprint density at radius 3 is 2.46 bits per heavy atom. The number of carbonyl (C=O) groups is 2. The van der Waals surface area contributed by atoms with Gasteiger partial charge in [-0.1, -0.05) is 48.5 Å². The first-order valence-corrected chi connectivity index (χ1v) is 8.79. The Kier molecular flexibility index (Phi) is 5.49. The van der Waals surface area contributed by atoms with Crippen molar-refractivity contribution >= 4 is 11.7 Å². The Morgan fingerprint density at radius 2 is 1.81 bits per heavy atom. The summed E-state index contributed by atoms with van der Waals surface area (Å²) in [5.74, 6) is -0.716. The fourth-order valence-corrected chi connectivity index (χ4v) is 3.16. The maximum Gasteiger partial charge on any atom is 0.227 e. The average molecular weight is 353 g/mol. The first kappa shape index (κ1) is 18.3. The molecule has 5 nitrogen and oxygen atoms in total. The Labute approximate surface area is 153 Å². The van der Waals surface area contributed by atoms with E-state index < -0.39 is 18.2 Å². The number of ketones is 1. The molecule has 5 heteroatoms. The molecule has 136 valence electrons. The zero-order valence-corrected chi connectivity index (χ0v) is 14.9. The third-order valence-electron chi connectivity index (χ3n) is 4.71. The lowest BCUT2D eigenvalue weighted by atomic mass is 9.95. The minimum atomic E-state index is -0.979. The summed E-state index contributed by atoms with van der Waals surface area (Å²) in [6.45, 7) is 3.64. The Morgan fingerprint density at radius 1 is 1.12 bits per heavy atom. The summed E-state index contributed by atoms with van der Waals surface area (Å²) in [5.41, 5.74) is 1.92. The zero-order valence-electron chi connectivity index (χ0n) is 14.9. The predicted octanol–water partition coefficient (Wildman–Crippen LogP) is 2.63. The number of rotatable bonds is 5. The molecule has 0 aliphatic carbocycles. The van der Waals surface area contributed by atoms with Crippen LogP contribution in [0, 0.1) is 0 Å². The Balaban J connectivity index is 1.73. The van der Waals surface area contributed by atoms with E-state index in [2.05, 4.69) is 5.32 Å². The Bertz CT molecular complexity index is 790. The lowest BCUT2D eigenvalue weighted by molar-refractivity contribution is -0.128. The highest BCUT2D eigenvalue weighted by atomic mass is 16.6. The van der Waals surface area contributed by atoms with Crippen LogP contribution in [-0.4, -0.2) is 35.2 Å². The van der Waals surface area contributed by atoms with E-state index in [-0.39, 0.29) is 17.8 Å². The largest absolute Gasteiger partial charge is 0.366 e. The summed E-state index contributed by atoms with van der Waals surface area (Å²) >= 11 is 0. The number of ether oxygens (including phenoxy) is 1. The first-order valence-electron chi connectivity index (χ1n) is 8.79. The molecule has 0 saturated carbocycles. The molecule has 1 saturated heterocycles. The third-order valence-corrected chi connectivity index (χ3v) is 4.71. The van der Waals surface area contributed by atoms with E-state index in [1.807, 2.05) is 31.2 Å². The topological polar surface area (TPSA) is 75.6 Å². The van der Waals surface area contributed by atoms with Gasteiger partial charge in [-0.15, -0.1) is 0 Å². The highest BCUT2D eigenvalue weighted by molar-refractivity contribution is 6.09. The summed E-state index contributed by atoms with van der Waals surface area (Å²) in [7, 11) is 0. The van der Waals surface area contributed by atoms with Gasteiger partial charge in [-0.2, -0.15) is 0 Å². The molecule has 4 unspecified atom stereocenters. The van der Waals surface area contributed by atoms with E-state index in [0.29, 0.717) is 17.5 Å². The number of aliphatic hydroxyl groups is 1. The van der Waals surface area contributed by atoms with E-state index in [9.17, 15) is 14.7 Å². The minimum Gasteiger partial charge on any atom is -0.366 e. The molecule has 0 bridgehead atoms. The van der Waals surface area contributed by atoms with Crippen LogP contribution in [-0.2, 0) is 9.53 Å². The van der Waals surface area contributed by atoms with Crippen molar-refractivity contribution in [1.82, 2.24) is 5.32 Å². The van der Waals surface area contributed by atoms with E-state index in [4.69, 9.17) is 4.74 Å². The van der Waals surface area contributed by atoms with Gasteiger partial charge in [-0.05, 0) is 31.9 Å². The normalized spacial score (nSPS) is 23.4. The second-order valence-corrected chi connectivity index (χ2v) is 6.73. The Hall–Kier alpha value is -2.50. The molecule has 1 heterocycles. The number of benzene rings is 2. The van der Waals surface area contributed by atoms with Crippen molar-refractivity contribution in [3.63, 3.8) is 0 Å². The van der Waals surface area contributed by atoms with Crippen molar-refractivity contribution in [2.24, 2.45) is 0 Å². The number of nitrogens with one attached hydrogen (secondary N) is 1. The molecule has 1 aliphatic rings. The van der Waals surface area contributed by atoms with Gasteiger partial charge in [0.15, 0.2) is 12.1 Å². The molecular formula is C21H23NO4. The molecule has 0 spiro atoms. The lowest BCUT2D eigenvalue weighted by Gasteiger charge is -2.19. The monoisotopic (exact) mass is 353 g/mol. The smallest absolute Gasteiger partial charge is 0.227 e. The fraction of sp³-hybridized carbons (Fsp3) is 0.333. The predicted molar refractivity (Wildman–Crippen MR) is 97.8 cm³/mol. The maximum absolute atomic E-state index is 12.6. The quantitative estimate of drug-likeness (QED) is 0.811. The molecule has 0 radical (unpaired) electrons. The van der Waals surface area contributed by atoms with E-state index in [1.165, 1.54) is 0 Å². The van der Waals surface area contributed by atoms with Gasteiger partial charge in [-0.3, -0.25) is 9.59 Å². The van der Waals surface area contributed by atoms with Crippen LogP contribution >= 0.6 is 0 Å². The van der Waals surface area contributed by atoms with Crippen molar-refractivity contribution in [2.45, 2.75) is 44.6 Å². The van der Waals surface area contributed by atoms with Crippen molar-refractivity contribution in [3.8, 4) is 0 Å². The van der Waals surface area contributed by atoms with Crippen LogP contribution < -0.4 is 5.32 Å². The van der Waals surface area contributed by atoms with Crippen LogP contribution in [0.25, 0.3) is 0 Å². The van der Waals surface area contributed by atoms with Gasteiger partial charge >= 0.3 is 0 Å². The number of carbonyl (C=O) groups excluding carboxylic acids is 2. The summed E-state index contributed by atoms with van der Waals surface area (Å²) in [6, 6.07) is 15.8. The minimum absolute atomic E-state index is 0.0755. The summed E-state index contributed by atoms with van der Waals surface area (Å²) < 4.78 is 5.26. The van der Waals surface area contributed by atoms with Gasteiger partial charge in [0.05, 0.1) is 18.1 Å². The van der Waals surface area contributed by atoms with Gasteiger partial charge in [0, 0.05) is 11.1 Å². The zero-order chi connectivity index (χ0) is 18.7. The maximum atomic E-state index is 12.6. The molecular weight excluding hydrogens is 330 g/mol. The average Bonchev–Trinajstić information content (AvgIpc) is 2.98. The van der Waals surface area contributed by atoms with Gasteiger partial charge in [0.2, 0.25) is 5.91 Å². The van der Waals surface area contributed by atoms with Crippen molar-refractivity contribution in [3.05, 3.63) is 71.3 Å². The molecule has 1 aliphatic heterocycles. The van der Waals surface area contributed by atoms with Crippen molar-refractivity contribution < 1.29 is 19.4 Å². The molecule has 26 heavy (non-hydrogen) atoms. The van der Waals surface area contributed by atoms with Crippen molar-refractivity contribution in [1.29, 1.82) is 0 Å². The number of hydrogen-bond donors (Lipinski definition) is 2. The second kappa shape index (κ2) is 7.81. The molecule has 2 aromatic rings. The lowest BCUT2D eigenvalue weighted by Crippen LogP contribution is -2.42. The van der Waals surface area contributed by atoms with Crippen LogP contribution in [0.15, 0.2) is 54.6 Å². The SMILES string of the molecule is CC1CC(NC(=O)C(C)c2cccc(C(=O)c3ccccc3)c2)C(O)O1. The number of hydrogen-bond acceptors (Lipinski definition) is 4. The van der Waals surface area contributed by atoms with E-state index in [0.717, 1.165) is 5.56 Å². The van der Waals surface area contributed by atoms with Gasteiger partial charge in [0.1, 0.15) is 0 Å². The van der Waals surface area contributed by atoms with E-state index in [1.54, 1.807) is 37.3 Å². The second-order valence-electron chi connectivity index (χ2n) is 6.73. The van der Waals surface area contributed by atoms with Gasteiger partial charge < -0.3 is 15.2 Å². The van der Waals surface area contributed by atoms with Crippen molar-refractivity contribution in [2.75, 3.05) is 0 Å². The highest BCUT2D eigenvalue weighted by Crippen LogP contribution is 2.22. The summed E-state index contributed by atoms with van der Waals surface area (Å²) in [6.07, 6.45) is -0.490. The summed E-state index contributed by atoms with van der Waals surface area (Å²) in [5, 5.41) is 12.7. The molecule has 4 atom stereocenters. The standard InChI is InChI=1S/C21H23NO4/c1-13-11-18(21(25)26-13)22-20(24)14(2)16-9-6-10-17(12-16)19(23)15-7-4-3-5-8-15/h3-10,12-14,18,21,25H,11H2,1-2H3,(H,22,24). The van der Waals surface area contributed by atoms with Crippen LogP contribution in [0.3, 0.4) is 0 Å². The van der Waals surface area contributed by atoms with Crippen LogP contribution in [0.5, 0.6) is 0 Å².